The minimum Gasteiger partial charge on any atom is -0.772 e. The minimum atomic E-state index is -1.08. The summed E-state index contributed by atoms with van der Waals surface area (Å²) < 4.78 is 16.7. The van der Waals surface area contributed by atoms with Crippen molar-refractivity contribution in [3.05, 3.63) is 0 Å². The third-order valence-electron chi connectivity index (χ3n) is 0. The number of hydrogen-bond acceptors (Lipinski definition) is 5. The zero-order valence-corrected chi connectivity index (χ0v) is 7.64. The monoisotopic (exact) mass is 185 g/mol. The Labute approximate surface area is 71.3 Å². The van der Waals surface area contributed by atoms with Crippen LogP contribution >= 0.6 is 17.4 Å². The van der Waals surface area contributed by atoms with E-state index < -0.39 is 17.4 Å². The summed E-state index contributed by atoms with van der Waals surface area (Å²) in [4.78, 5) is 16.7. The summed E-state index contributed by atoms with van der Waals surface area (Å²) in [6.45, 7) is 0. The van der Waals surface area contributed by atoms with Gasteiger partial charge in [-0.15, -0.1) is 0 Å². The fraction of sp³-hybridized carbons (Fsp3) is 0. The van der Waals surface area contributed by atoms with E-state index in [2.05, 4.69) is 0 Å². The normalized spacial score (nSPS) is 4.67. The number of rotatable bonds is 0. The topological polar surface area (TPSA) is 147 Å². The Kier molecular flexibility index (Phi) is 249. The van der Waals surface area contributed by atoms with Crippen molar-refractivity contribution in [2.24, 2.45) is 0 Å². The Morgan fingerprint density at radius 1 is 1.00 bits per heavy atom. The first-order chi connectivity index (χ1) is 2.83. The summed E-state index contributed by atoms with van der Waals surface area (Å²) in [7, 11) is -2.17. The van der Waals surface area contributed by atoms with Crippen molar-refractivity contribution in [3.63, 3.8) is 0 Å². The van der Waals surface area contributed by atoms with E-state index in [1.54, 1.807) is 0 Å². The molecule has 0 aliphatic rings. The van der Waals surface area contributed by atoms with Crippen LogP contribution in [0.5, 0.6) is 0 Å². The van der Waals surface area contributed by atoms with Crippen molar-refractivity contribution < 1.29 is 24.4 Å². The molecule has 9 heteroatoms. The molecule has 0 fully saturated rings. The maximum absolute atomic E-state index is 8.35. The van der Waals surface area contributed by atoms with E-state index in [9.17, 15) is 0 Å². The van der Waals surface area contributed by atoms with Gasteiger partial charge in [-0.2, -0.15) is 0 Å². The first-order valence-electron chi connectivity index (χ1n) is 0.730. The van der Waals surface area contributed by atoms with Gasteiger partial charge in [0, 0.05) is 0 Å². The molecule has 0 spiro atoms. The summed E-state index contributed by atoms with van der Waals surface area (Å²) in [5.41, 5.74) is 0. The van der Waals surface area contributed by atoms with Gasteiger partial charge in [-0.1, -0.05) is 0 Å². The second kappa shape index (κ2) is 68.1. The SMILES string of the molecule is N.O.O=P[O-].O=P[O-].[Mg+2]. The fourth-order valence-electron chi connectivity index (χ4n) is 0. The molecule has 5 N–H and O–H groups in total. The van der Waals surface area contributed by atoms with Crippen molar-refractivity contribution >= 4 is 40.4 Å². The van der Waals surface area contributed by atoms with Gasteiger partial charge in [0.1, 0.15) is 0 Å². The van der Waals surface area contributed by atoms with Crippen LogP contribution in [0.1, 0.15) is 0 Å². The largest absolute Gasteiger partial charge is 2.00 e. The van der Waals surface area contributed by atoms with Crippen molar-refractivity contribution in [1.82, 2.24) is 6.15 Å². The van der Waals surface area contributed by atoms with E-state index >= 15 is 0 Å². The Morgan fingerprint density at radius 3 is 1.00 bits per heavy atom. The quantitative estimate of drug-likeness (QED) is 0.344. The van der Waals surface area contributed by atoms with Crippen molar-refractivity contribution in [3.8, 4) is 0 Å². The van der Waals surface area contributed by atoms with Gasteiger partial charge in [0.25, 0.3) is 0 Å². The van der Waals surface area contributed by atoms with Crippen LogP contribution in [-0.2, 0) is 9.13 Å². The Balaban J connectivity index is -0.00000000889. The van der Waals surface area contributed by atoms with Crippen molar-refractivity contribution in [2.45, 2.75) is 0 Å². The molecule has 0 aromatic heterocycles. The van der Waals surface area contributed by atoms with Crippen molar-refractivity contribution in [1.29, 1.82) is 0 Å². The van der Waals surface area contributed by atoms with Crippen LogP contribution < -0.4 is 15.9 Å². The van der Waals surface area contributed by atoms with Crippen LogP contribution in [-0.4, -0.2) is 28.5 Å². The van der Waals surface area contributed by atoms with E-state index in [0.717, 1.165) is 0 Å². The molecule has 0 aliphatic carbocycles. The zero-order valence-electron chi connectivity index (χ0n) is 4.44. The third kappa shape index (κ3) is 628. The van der Waals surface area contributed by atoms with Gasteiger partial charge < -0.3 is 21.4 Å². The van der Waals surface area contributed by atoms with Crippen LogP contribution in [0.3, 0.4) is 0 Å². The molecule has 0 atom stereocenters. The molecule has 0 heterocycles. The molecule has 0 aromatic rings. The van der Waals surface area contributed by atoms with Gasteiger partial charge in [-0.3, -0.25) is 9.13 Å². The van der Waals surface area contributed by atoms with Crippen LogP contribution in [0.25, 0.3) is 0 Å². The average molecular weight is 185 g/mol. The molecule has 0 amide bonds. The molecular formula is H5MgNO5P2. The predicted octanol–water partition coefficient (Wildman–Crippen LogP) is -1.94. The van der Waals surface area contributed by atoms with E-state index in [-0.39, 0.29) is 34.7 Å². The summed E-state index contributed by atoms with van der Waals surface area (Å²) in [5.74, 6) is 0. The molecule has 0 aliphatic heterocycles. The van der Waals surface area contributed by atoms with Gasteiger partial charge in [-0.05, 0) is 0 Å². The molecule has 0 radical (unpaired) electrons. The molecule has 0 bridgehead atoms. The summed E-state index contributed by atoms with van der Waals surface area (Å²) in [5, 5.41) is 0. The molecule has 0 unspecified atom stereocenters. The standard InChI is InChI=1S/Mg.H3N.2HO2P.H2O/c;;2*1-3-2;/h;1H3;2*(H,1,2);1H2/q+2;;;;/p-2. The van der Waals surface area contributed by atoms with E-state index in [1.807, 2.05) is 0 Å². The van der Waals surface area contributed by atoms with Gasteiger partial charge in [0.2, 0.25) is 0 Å². The molecule has 52 valence electrons. The molecule has 6 nitrogen and oxygen atoms in total. The Morgan fingerprint density at radius 2 is 1.00 bits per heavy atom. The third-order valence-corrected chi connectivity index (χ3v) is 0. The number of hydrogen-bond donors (Lipinski definition) is 1. The van der Waals surface area contributed by atoms with E-state index in [1.165, 1.54) is 0 Å². The van der Waals surface area contributed by atoms with Crippen molar-refractivity contribution in [2.75, 3.05) is 0 Å². The first kappa shape index (κ1) is 32.9. The molecule has 0 aromatic carbocycles. The summed E-state index contributed by atoms with van der Waals surface area (Å²) in [6.07, 6.45) is 0. The maximum atomic E-state index is 8.35. The second-order valence-corrected chi connectivity index (χ2v) is 0.447. The van der Waals surface area contributed by atoms with Gasteiger partial charge in [0.15, 0.2) is 0 Å². The van der Waals surface area contributed by atoms with Crippen LogP contribution in [0.15, 0.2) is 0 Å². The summed E-state index contributed by atoms with van der Waals surface area (Å²) >= 11 is 0. The maximum Gasteiger partial charge on any atom is 2.00 e. The molecule has 0 saturated heterocycles. The Hall–Kier alpha value is 0.806. The van der Waals surface area contributed by atoms with Gasteiger partial charge in [-0.25, -0.2) is 0 Å². The second-order valence-electron chi connectivity index (χ2n) is 0.149. The Bertz CT molecular complexity index is 35.9. The van der Waals surface area contributed by atoms with E-state index in [4.69, 9.17) is 18.9 Å². The van der Waals surface area contributed by atoms with Crippen LogP contribution in [0.4, 0.5) is 0 Å². The predicted molar refractivity (Wildman–Crippen MR) is 29.6 cm³/mol. The van der Waals surface area contributed by atoms with E-state index in [0.29, 0.717) is 0 Å². The molecule has 0 rings (SSSR count). The first-order valence-corrected chi connectivity index (χ1v) is 2.19. The average Bonchev–Trinajstić information content (AvgIpc) is 1.39. The zero-order chi connectivity index (χ0) is 5.41. The smallest absolute Gasteiger partial charge is 0.772 e. The molecule has 9 heavy (non-hydrogen) atoms. The minimum absolute atomic E-state index is 0. The molecular weight excluding hydrogens is 180 g/mol. The van der Waals surface area contributed by atoms with Gasteiger partial charge in [0.05, 0.1) is 17.4 Å². The van der Waals surface area contributed by atoms with Crippen LogP contribution in [0.2, 0.25) is 0 Å². The fourth-order valence-corrected chi connectivity index (χ4v) is 0. The van der Waals surface area contributed by atoms with Crippen LogP contribution in [0, 0.1) is 0 Å². The van der Waals surface area contributed by atoms with Gasteiger partial charge >= 0.3 is 23.1 Å². The summed E-state index contributed by atoms with van der Waals surface area (Å²) in [6, 6.07) is 0. The molecule has 0 saturated carbocycles.